The van der Waals surface area contributed by atoms with Gasteiger partial charge in [-0.15, -0.1) is 0 Å². The first-order valence-electron chi connectivity index (χ1n) is 10.8. The minimum absolute atomic E-state index is 0.0889. The summed E-state index contributed by atoms with van der Waals surface area (Å²) in [6, 6.07) is 14.2. The fourth-order valence-corrected chi connectivity index (χ4v) is 3.72. The molecule has 2 aromatic carbocycles. The lowest BCUT2D eigenvalue weighted by Crippen LogP contribution is -2.54. The zero-order chi connectivity index (χ0) is 22.2. The van der Waals surface area contributed by atoms with Crippen molar-refractivity contribution >= 4 is 0 Å². The molecule has 7 heteroatoms. The largest absolute Gasteiger partial charge is 0.508 e. The quantitative estimate of drug-likeness (QED) is 0.365. The van der Waals surface area contributed by atoms with Gasteiger partial charge in [0.2, 0.25) is 0 Å². The molecular weight excluding hydrogens is 400 g/mol. The number of phenolic OH excluding ortho intramolecular Hbond substituents is 2. The first-order chi connectivity index (χ1) is 14.9. The second-order valence-electron chi connectivity index (χ2n) is 8.13. The van der Waals surface area contributed by atoms with Crippen molar-refractivity contribution in [3.63, 3.8) is 0 Å². The number of rotatable bonds is 10. The van der Waals surface area contributed by atoms with Crippen LogP contribution in [0.2, 0.25) is 0 Å². The third-order valence-electron chi connectivity index (χ3n) is 5.65. The molecule has 0 aromatic heterocycles. The maximum absolute atomic E-state index is 10.2. The number of hydrogen-bond acceptors (Lipinski definition) is 7. The third-order valence-corrected chi connectivity index (χ3v) is 5.65. The van der Waals surface area contributed by atoms with Gasteiger partial charge in [0, 0.05) is 0 Å². The summed E-state index contributed by atoms with van der Waals surface area (Å²) in [5, 5.41) is 48.6. The van der Waals surface area contributed by atoms with Gasteiger partial charge in [-0.3, -0.25) is 0 Å². The standard InChI is InChI=1S/C24H32O7/c25-18-10-5-16(6-11-18)3-1-2-4-20(14-9-17-7-12-19(26)13-8-17)31-24-23(29)22(28)21(27)15-30-24/h5-8,10-13,20-29H,1-4,9,14-15H2. The Balaban J connectivity index is 1.53. The summed E-state index contributed by atoms with van der Waals surface area (Å²) in [6.45, 7) is -0.0889. The fraction of sp³-hybridized carbons (Fsp3) is 0.500. The van der Waals surface area contributed by atoms with Gasteiger partial charge >= 0.3 is 0 Å². The molecule has 1 aliphatic heterocycles. The van der Waals surface area contributed by atoms with Crippen LogP contribution in [0.25, 0.3) is 0 Å². The molecule has 170 valence electrons. The van der Waals surface area contributed by atoms with Crippen molar-refractivity contribution in [3.8, 4) is 11.5 Å². The fourth-order valence-electron chi connectivity index (χ4n) is 3.72. The molecule has 5 N–H and O–H groups in total. The van der Waals surface area contributed by atoms with Crippen molar-refractivity contribution in [1.82, 2.24) is 0 Å². The van der Waals surface area contributed by atoms with Gasteiger partial charge in [0.25, 0.3) is 0 Å². The van der Waals surface area contributed by atoms with Crippen LogP contribution >= 0.6 is 0 Å². The van der Waals surface area contributed by atoms with Crippen molar-refractivity contribution in [2.45, 2.75) is 69.2 Å². The molecule has 0 amide bonds. The van der Waals surface area contributed by atoms with E-state index in [0.717, 1.165) is 43.2 Å². The van der Waals surface area contributed by atoms with E-state index in [-0.39, 0.29) is 24.2 Å². The van der Waals surface area contributed by atoms with Gasteiger partial charge in [0.05, 0.1) is 12.7 Å². The predicted octanol–water partition coefficient (Wildman–Crippen LogP) is 2.27. The number of ether oxygens (including phenoxy) is 2. The highest BCUT2D eigenvalue weighted by atomic mass is 16.7. The van der Waals surface area contributed by atoms with E-state index >= 15 is 0 Å². The summed E-state index contributed by atoms with van der Waals surface area (Å²) in [6.07, 6.45) is -0.0186. The van der Waals surface area contributed by atoms with Crippen molar-refractivity contribution < 1.29 is 35.0 Å². The van der Waals surface area contributed by atoms with Crippen LogP contribution in [0.5, 0.6) is 11.5 Å². The van der Waals surface area contributed by atoms with E-state index in [1.54, 1.807) is 24.3 Å². The minimum atomic E-state index is -1.31. The van der Waals surface area contributed by atoms with E-state index in [4.69, 9.17) is 9.47 Å². The van der Waals surface area contributed by atoms with Crippen LogP contribution in [-0.4, -0.2) is 62.8 Å². The maximum Gasteiger partial charge on any atom is 0.186 e. The van der Waals surface area contributed by atoms with Crippen LogP contribution in [0.3, 0.4) is 0 Å². The molecule has 0 bridgehead atoms. The second-order valence-corrected chi connectivity index (χ2v) is 8.13. The van der Waals surface area contributed by atoms with E-state index in [1.807, 2.05) is 24.3 Å². The summed E-state index contributed by atoms with van der Waals surface area (Å²) in [5.41, 5.74) is 2.22. The molecule has 1 saturated heterocycles. The number of hydrogen-bond donors (Lipinski definition) is 5. The summed E-state index contributed by atoms with van der Waals surface area (Å²) >= 11 is 0. The number of aliphatic hydroxyl groups is 3. The van der Waals surface area contributed by atoms with E-state index in [9.17, 15) is 25.5 Å². The first kappa shape index (κ1) is 23.5. The summed E-state index contributed by atoms with van der Waals surface area (Å²) < 4.78 is 11.4. The van der Waals surface area contributed by atoms with E-state index in [2.05, 4.69) is 0 Å². The Bertz CT molecular complexity index is 778. The number of aromatic hydroxyl groups is 2. The Morgan fingerprint density at radius 2 is 1.35 bits per heavy atom. The second kappa shape index (κ2) is 11.5. The molecule has 1 heterocycles. The Kier molecular flexibility index (Phi) is 8.69. The molecule has 5 atom stereocenters. The van der Waals surface area contributed by atoms with Crippen LogP contribution in [0.4, 0.5) is 0 Å². The normalized spacial score (nSPS) is 24.7. The van der Waals surface area contributed by atoms with Crippen LogP contribution in [0.1, 0.15) is 36.8 Å². The molecule has 0 aliphatic carbocycles. The number of benzene rings is 2. The average molecular weight is 433 g/mol. The Labute approximate surface area is 182 Å². The SMILES string of the molecule is Oc1ccc(CCCCC(CCc2ccc(O)cc2)OC2OCC(O)C(O)C2O)cc1. The third kappa shape index (κ3) is 7.19. The summed E-state index contributed by atoms with van der Waals surface area (Å²) in [5.74, 6) is 0.474. The van der Waals surface area contributed by atoms with Crippen LogP contribution < -0.4 is 0 Å². The number of aliphatic hydroxyl groups excluding tert-OH is 3. The van der Waals surface area contributed by atoms with Crippen LogP contribution in [0, 0.1) is 0 Å². The van der Waals surface area contributed by atoms with Gasteiger partial charge in [0.1, 0.15) is 29.8 Å². The van der Waals surface area contributed by atoms with E-state index in [1.165, 1.54) is 0 Å². The maximum atomic E-state index is 10.2. The molecular formula is C24H32O7. The molecule has 2 aromatic rings. The number of phenols is 2. The highest BCUT2D eigenvalue weighted by Gasteiger charge is 2.39. The van der Waals surface area contributed by atoms with Crippen LogP contribution in [0.15, 0.2) is 48.5 Å². The molecule has 1 aliphatic rings. The van der Waals surface area contributed by atoms with Crippen molar-refractivity contribution in [2.75, 3.05) is 6.61 Å². The highest BCUT2D eigenvalue weighted by molar-refractivity contribution is 5.26. The highest BCUT2D eigenvalue weighted by Crippen LogP contribution is 2.23. The smallest absolute Gasteiger partial charge is 0.186 e. The van der Waals surface area contributed by atoms with Crippen molar-refractivity contribution in [1.29, 1.82) is 0 Å². The molecule has 3 rings (SSSR count). The molecule has 7 nitrogen and oxygen atoms in total. The Hall–Kier alpha value is -2.16. The molecule has 1 fully saturated rings. The molecule has 0 radical (unpaired) electrons. The van der Waals surface area contributed by atoms with Gasteiger partial charge in [-0.2, -0.15) is 0 Å². The first-order valence-corrected chi connectivity index (χ1v) is 10.8. The lowest BCUT2D eigenvalue weighted by molar-refractivity contribution is -0.283. The van der Waals surface area contributed by atoms with Gasteiger partial charge in [-0.25, -0.2) is 0 Å². The average Bonchev–Trinajstić information content (AvgIpc) is 2.77. The summed E-state index contributed by atoms with van der Waals surface area (Å²) in [7, 11) is 0. The lowest BCUT2D eigenvalue weighted by atomic mass is 10.00. The van der Waals surface area contributed by atoms with Gasteiger partial charge < -0.3 is 35.0 Å². The zero-order valence-electron chi connectivity index (χ0n) is 17.5. The van der Waals surface area contributed by atoms with Gasteiger partial charge in [-0.1, -0.05) is 30.7 Å². The number of unbranched alkanes of at least 4 members (excludes halogenated alkanes) is 1. The predicted molar refractivity (Wildman–Crippen MR) is 115 cm³/mol. The van der Waals surface area contributed by atoms with E-state index < -0.39 is 24.6 Å². The summed E-state index contributed by atoms with van der Waals surface area (Å²) in [4.78, 5) is 0. The molecule has 31 heavy (non-hydrogen) atoms. The topological polar surface area (TPSA) is 120 Å². The van der Waals surface area contributed by atoms with Crippen molar-refractivity contribution in [2.24, 2.45) is 0 Å². The molecule has 0 spiro atoms. The number of aryl methyl sites for hydroxylation is 2. The molecule has 5 unspecified atom stereocenters. The van der Waals surface area contributed by atoms with Gasteiger partial charge in [-0.05, 0) is 67.5 Å². The minimum Gasteiger partial charge on any atom is -0.508 e. The van der Waals surface area contributed by atoms with Crippen LogP contribution in [-0.2, 0) is 22.3 Å². The Morgan fingerprint density at radius 3 is 1.97 bits per heavy atom. The van der Waals surface area contributed by atoms with E-state index in [0.29, 0.717) is 6.42 Å². The lowest BCUT2D eigenvalue weighted by Gasteiger charge is -2.36. The van der Waals surface area contributed by atoms with Crippen molar-refractivity contribution in [3.05, 3.63) is 59.7 Å². The zero-order valence-corrected chi connectivity index (χ0v) is 17.5. The monoisotopic (exact) mass is 432 g/mol. The Morgan fingerprint density at radius 1 is 0.774 bits per heavy atom. The molecule has 0 saturated carbocycles. The van der Waals surface area contributed by atoms with Gasteiger partial charge in [0.15, 0.2) is 6.29 Å².